The van der Waals surface area contributed by atoms with E-state index in [0.717, 1.165) is 25.9 Å². The molecule has 0 unspecified atom stereocenters. The van der Waals surface area contributed by atoms with Crippen molar-refractivity contribution in [3.63, 3.8) is 0 Å². The molecule has 1 fully saturated rings. The number of nitrogens with zero attached hydrogens (tertiary/aromatic N) is 1. The van der Waals surface area contributed by atoms with E-state index in [1.165, 1.54) is 6.92 Å². The Bertz CT molecular complexity index is 949. The van der Waals surface area contributed by atoms with E-state index in [0.29, 0.717) is 33.6 Å². The lowest BCUT2D eigenvalue weighted by Crippen LogP contribution is -2.45. The summed E-state index contributed by atoms with van der Waals surface area (Å²) in [4.78, 5) is 25.7. The number of aliphatic hydroxyl groups excluding tert-OH is 1. The predicted octanol–water partition coefficient (Wildman–Crippen LogP) is 3.59. The van der Waals surface area contributed by atoms with Gasteiger partial charge in [-0.3, -0.25) is 9.59 Å². The van der Waals surface area contributed by atoms with E-state index in [9.17, 15) is 14.7 Å². The quantitative estimate of drug-likeness (QED) is 0.538. The SMILES string of the molecule is CC(=O)Nc1cccc(C(=O)NC[C@@H](O)CN2CCC(Oc3ccc(Cl)c(Cl)c3)CC2)c1. The van der Waals surface area contributed by atoms with Crippen LogP contribution in [0.2, 0.25) is 10.0 Å². The molecule has 3 rings (SSSR count). The number of ether oxygens (including phenoxy) is 1. The normalized spacial score (nSPS) is 15.8. The summed E-state index contributed by atoms with van der Waals surface area (Å²) in [5, 5.41) is 16.7. The summed E-state index contributed by atoms with van der Waals surface area (Å²) < 4.78 is 5.99. The van der Waals surface area contributed by atoms with Crippen LogP contribution in [0.1, 0.15) is 30.1 Å². The van der Waals surface area contributed by atoms with Crippen LogP contribution in [0, 0.1) is 0 Å². The van der Waals surface area contributed by atoms with E-state index in [1.54, 1.807) is 42.5 Å². The Hall–Kier alpha value is -2.32. The van der Waals surface area contributed by atoms with Gasteiger partial charge in [-0.05, 0) is 43.2 Å². The summed E-state index contributed by atoms with van der Waals surface area (Å²) >= 11 is 12.0. The molecule has 0 spiro atoms. The molecule has 1 aliphatic rings. The third-order valence-electron chi connectivity index (χ3n) is 5.14. The maximum absolute atomic E-state index is 12.4. The molecular formula is C23H27Cl2N3O4. The number of β-amino-alcohol motifs (C(OH)–C–C–N with tert-alkyl or cyclic N) is 1. The highest BCUT2D eigenvalue weighted by Crippen LogP contribution is 2.28. The van der Waals surface area contributed by atoms with Crippen molar-refractivity contribution < 1.29 is 19.4 Å². The molecule has 1 heterocycles. The number of hydrogen-bond acceptors (Lipinski definition) is 5. The molecule has 1 aliphatic heterocycles. The first kappa shape index (κ1) is 24.3. The third-order valence-corrected chi connectivity index (χ3v) is 5.88. The Labute approximate surface area is 197 Å². The summed E-state index contributed by atoms with van der Waals surface area (Å²) in [7, 11) is 0. The molecule has 0 radical (unpaired) electrons. The number of likely N-dealkylation sites (tertiary alicyclic amines) is 1. The average molecular weight is 480 g/mol. The van der Waals surface area contributed by atoms with E-state index in [2.05, 4.69) is 15.5 Å². The Morgan fingerprint density at radius 3 is 2.59 bits per heavy atom. The van der Waals surface area contributed by atoms with Crippen molar-refractivity contribution in [2.45, 2.75) is 32.0 Å². The number of anilines is 1. The number of halogens is 2. The molecule has 1 saturated heterocycles. The Balaban J connectivity index is 1.39. The summed E-state index contributed by atoms with van der Waals surface area (Å²) in [5.74, 6) is 0.192. The summed E-state index contributed by atoms with van der Waals surface area (Å²) in [6.07, 6.45) is 1.05. The molecule has 32 heavy (non-hydrogen) atoms. The Kier molecular flexibility index (Phi) is 8.75. The smallest absolute Gasteiger partial charge is 0.251 e. The highest BCUT2D eigenvalue weighted by Gasteiger charge is 2.22. The molecule has 2 aromatic carbocycles. The van der Waals surface area contributed by atoms with Crippen molar-refractivity contribution in [3.8, 4) is 5.75 Å². The van der Waals surface area contributed by atoms with Gasteiger partial charge < -0.3 is 25.4 Å². The fourth-order valence-corrected chi connectivity index (χ4v) is 3.86. The fraction of sp³-hybridized carbons (Fsp3) is 0.391. The van der Waals surface area contributed by atoms with Gasteiger partial charge in [-0.1, -0.05) is 29.3 Å². The third kappa shape index (κ3) is 7.38. The first-order valence-corrected chi connectivity index (χ1v) is 11.2. The lowest BCUT2D eigenvalue weighted by molar-refractivity contribution is -0.114. The lowest BCUT2D eigenvalue weighted by atomic mass is 10.1. The minimum Gasteiger partial charge on any atom is -0.490 e. The Morgan fingerprint density at radius 2 is 1.91 bits per heavy atom. The van der Waals surface area contributed by atoms with Gasteiger partial charge in [-0.25, -0.2) is 0 Å². The predicted molar refractivity (Wildman–Crippen MR) is 126 cm³/mol. The van der Waals surface area contributed by atoms with Crippen LogP contribution in [0.25, 0.3) is 0 Å². The molecule has 1 atom stereocenters. The number of hydrogen-bond donors (Lipinski definition) is 3. The van der Waals surface area contributed by atoms with Crippen molar-refractivity contribution in [1.82, 2.24) is 10.2 Å². The standard InChI is InChI=1S/C23H27Cl2N3O4/c1-15(29)27-17-4-2-3-16(11-17)23(31)26-13-18(30)14-28-9-7-19(8-10-28)32-20-5-6-21(24)22(25)12-20/h2-6,11-12,18-19,30H,7-10,13-14H2,1H3,(H,26,31)(H,27,29)/t18-/m1/s1. The number of piperidine rings is 1. The van der Waals surface area contributed by atoms with Crippen LogP contribution in [0.3, 0.4) is 0 Å². The molecule has 172 valence electrons. The second-order valence-electron chi connectivity index (χ2n) is 7.82. The van der Waals surface area contributed by atoms with Gasteiger partial charge in [0.15, 0.2) is 0 Å². The number of benzene rings is 2. The number of amides is 2. The molecule has 0 aromatic heterocycles. The van der Waals surface area contributed by atoms with Gasteiger partial charge in [0.2, 0.25) is 5.91 Å². The zero-order valence-electron chi connectivity index (χ0n) is 17.8. The van der Waals surface area contributed by atoms with E-state index in [4.69, 9.17) is 27.9 Å². The molecule has 9 heteroatoms. The summed E-state index contributed by atoms with van der Waals surface area (Å²) in [6.45, 7) is 3.59. The van der Waals surface area contributed by atoms with Crippen LogP contribution in [0.4, 0.5) is 5.69 Å². The van der Waals surface area contributed by atoms with Gasteiger partial charge in [-0.15, -0.1) is 0 Å². The number of rotatable bonds is 8. The van der Waals surface area contributed by atoms with Gasteiger partial charge >= 0.3 is 0 Å². The van der Waals surface area contributed by atoms with Crippen LogP contribution in [-0.2, 0) is 4.79 Å². The maximum Gasteiger partial charge on any atom is 0.251 e. The molecule has 3 N–H and O–H groups in total. The maximum atomic E-state index is 12.4. The molecule has 2 aromatic rings. The number of aliphatic hydroxyl groups is 1. The monoisotopic (exact) mass is 479 g/mol. The van der Waals surface area contributed by atoms with Crippen LogP contribution >= 0.6 is 23.2 Å². The zero-order valence-corrected chi connectivity index (χ0v) is 19.3. The van der Waals surface area contributed by atoms with Crippen LogP contribution in [0.5, 0.6) is 5.75 Å². The first-order valence-electron chi connectivity index (χ1n) is 10.5. The number of nitrogens with one attached hydrogen (secondary N) is 2. The zero-order chi connectivity index (χ0) is 23.1. The molecule has 2 amide bonds. The molecule has 0 bridgehead atoms. The van der Waals surface area contributed by atoms with Crippen LogP contribution in [0.15, 0.2) is 42.5 Å². The minimum absolute atomic E-state index is 0.0798. The highest BCUT2D eigenvalue weighted by molar-refractivity contribution is 6.42. The summed E-state index contributed by atoms with van der Waals surface area (Å²) in [5.41, 5.74) is 0.973. The summed E-state index contributed by atoms with van der Waals surface area (Å²) in [6, 6.07) is 11.9. The highest BCUT2D eigenvalue weighted by atomic mass is 35.5. The lowest BCUT2D eigenvalue weighted by Gasteiger charge is -2.33. The number of carbonyl (C=O) groups excluding carboxylic acids is 2. The largest absolute Gasteiger partial charge is 0.490 e. The molecule has 7 nitrogen and oxygen atoms in total. The van der Waals surface area contributed by atoms with Crippen molar-refractivity contribution in [2.75, 3.05) is 31.5 Å². The molecular weight excluding hydrogens is 453 g/mol. The average Bonchev–Trinajstić information content (AvgIpc) is 2.76. The molecule has 0 saturated carbocycles. The second-order valence-corrected chi connectivity index (χ2v) is 8.63. The van der Waals surface area contributed by atoms with E-state index in [-0.39, 0.29) is 24.5 Å². The van der Waals surface area contributed by atoms with E-state index >= 15 is 0 Å². The van der Waals surface area contributed by atoms with Gasteiger partial charge in [0.05, 0.1) is 16.1 Å². The molecule has 0 aliphatic carbocycles. The van der Waals surface area contributed by atoms with Gasteiger partial charge in [0.25, 0.3) is 5.91 Å². The van der Waals surface area contributed by atoms with E-state index in [1.807, 2.05) is 0 Å². The van der Waals surface area contributed by atoms with Crippen molar-refractivity contribution in [2.24, 2.45) is 0 Å². The second kappa shape index (κ2) is 11.5. The van der Waals surface area contributed by atoms with Crippen molar-refractivity contribution in [3.05, 3.63) is 58.1 Å². The van der Waals surface area contributed by atoms with Gasteiger partial charge in [0, 0.05) is 50.4 Å². The van der Waals surface area contributed by atoms with Crippen molar-refractivity contribution in [1.29, 1.82) is 0 Å². The Morgan fingerprint density at radius 1 is 1.16 bits per heavy atom. The number of carbonyl (C=O) groups is 2. The first-order chi connectivity index (χ1) is 15.3. The van der Waals surface area contributed by atoms with Crippen LogP contribution < -0.4 is 15.4 Å². The van der Waals surface area contributed by atoms with Crippen molar-refractivity contribution >= 4 is 40.7 Å². The minimum atomic E-state index is -0.690. The van der Waals surface area contributed by atoms with Gasteiger partial charge in [-0.2, -0.15) is 0 Å². The van der Waals surface area contributed by atoms with Gasteiger partial charge in [0.1, 0.15) is 11.9 Å². The van der Waals surface area contributed by atoms with Crippen LogP contribution in [-0.4, -0.2) is 60.2 Å². The fourth-order valence-electron chi connectivity index (χ4n) is 3.57. The van der Waals surface area contributed by atoms with E-state index < -0.39 is 6.10 Å². The topological polar surface area (TPSA) is 90.9 Å².